The Morgan fingerprint density at radius 1 is 0.312 bits per heavy atom. The van der Waals surface area contributed by atoms with Gasteiger partial charge in [0.1, 0.15) is 11.2 Å². The summed E-state index contributed by atoms with van der Waals surface area (Å²) in [6.45, 7) is 4.61. The minimum absolute atomic E-state index is 0.170. The number of fused-ring (bicyclic) bond motifs is 6. The molecule has 0 N–H and O–H groups in total. The van der Waals surface area contributed by atoms with E-state index in [-0.39, 0.29) is 5.41 Å². The lowest BCUT2D eigenvalue weighted by molar-refractivity contribution is 0.660. The molecule has 302 valence electrons. The zero-order valence-electron chi connectivity index (χ0n) is 35.5. The molecule has 1 aliphatic carbocycles. The lowest BCUT2D eigenvalue weighted by Gasteiger charge is -2.21. The van der Waals surface area contributed by atoms with Crippen LogP contribution in [0.3, 0.4) is 0 Å². The maximum absolute atomic E-state index is 6.61. The molecule has 0 unspecified atom stereocenters. The first-order valence-corrected chi connectivity index (χ1v) is 21.8. The Bertz CT molecular complexity index is 3560. The Morgan fingerprint density at radius 3 is 1.53 bits per heavy atom. The largest absolute Gasteiger partial charge is 0.456 e. The van der Waals surface area contributed by atoms with E-state index in [4.69, 9.17) is 19.4 Å². The first kappa shape index (κ1) is 37.5. The van der Waals surface area contributed by atoms with Crippen LogP contribution in [0.15, 0.2) is 217 Å². The van der Waals surface area contributed by atoms with Crippen LogP contribution in [-0.4, -0.2) is 15.0 Å². The molecule has 4 nitrogen and oxygen atoms in total. The fraction of sp³-hybridized carbons (Fsp3) is 0.0500. The zero-order chi connectivity index (χ0) is 42.8. The summed E-state index contributed by atoms with van der Waals surface area (Å²) in [6, 6.07) is 75.0. The van der Waals surface area contributed by atoms with Gasteiger partial charge in [0.05, 0.1) is 0 Å². The van der Waals surface area contributed by atoms with Gasteiger partial charge in [0.15, 0.2) is 17.5 Å². The average Bonchev–Trinajstić information content (AvgIpc) is 3.85. The fourth-order valence-electron chi connectivity index (χ4n) is 9.63. The molecule has 9 aromatic carbocycles. The molecule has 4 heteroatoms. The first-order valence-electron chi connectivity index (χ1n) is 21.8. The van der Waals surface area contributed by atoms with Crippen molar-refractivity contribution < 1.29 is 4.42 Å². The number of hydrogen-bond acceptors (Lipinski definition) is 4. The van der Waals surface area contributed by atoms with Crippen molar-refractivity contribution in [2.24, 2.45) is 0 Å². The van der Waals surface area contributed by atoms with E-state index in [2.05, 4.69) is 220 Å². The summed E-state index contributed by atoms with van der Waals surface area (Å²) >= 11 is 0. The maximum Gasteiger partial charge on any atom is 0.164 e. The molecule has 2 aromatic heterocycles. The second-order valence-electron chi connectivity index (χ2n) is 17.2. The third-order valence-electron chi connectivity index (χ3n) is 12.9. The standard InChI is InChI=1S/C60H41N3O/c1-60(2)52-23-13-12-21-49(52)50-31-30-44(36-53(50)60)58-61-57(42-27-25-40(26-28-42)38-15-6-3-7-16-38)62-59(63-58)47-34-45(39-17-8-4-9-18-39)33-46(35-47)43-29-32-51-55(37-43)64-54-24-14-22-48(56(51)54)41-19-10-5-11-20-41/h3-37H,1-2H3. The number of rotatable bonds is 7. The van der Waals surface area contributed by atoms with Crippen LogP contribution < -0.4 is 0 Å². The van der Waals surface area contributed by atoms with E-state index in [0.29, 0.717) is 17.5 Å². The van der Waals surface area contributed by atoms with Crippen LogP contribution >= 0.6 is 0 Å². The molecule has 0 atom stereocenters. The lowest BCUT2D eigenvalue weighted by Crippen LogP contribution is -2.15. The van der Waals surface area contributed by atoms with Gasteiger partial charge in [-0.3, -0.25) is 0 Å². The number of benzene rings is 9. The van der Waals surface area contributed by atoms with E-state index in [9.17, 15) is 0 Å². The SMILES string of the molecule is CC1(C)c2ccccc2-c2ccc(-c3nc(-c4ccc(-c5ccccc5)cc4)nc(-c4cc(-c5ccccc5)cc(-c5ccc6c(c5)oc5cccc(-c7ccccc7)c56)c4)n3)cc21. The summed E-state index contributed by atoms with van der Waals surface area (Å²) in [5.74, 6) is 1.85. The van der Waals surface area contributed by atoms with Crippen molar-refractivity contribution in [1.29, 1.82) is 0 Å². The van der Waals surface area contributed by atoms with E-state index < -0.39 is 0 Å². The smallest absolute Gasteiger partial charge is 0.164 e. The van der Waals surface area contributed by atoms with Crippen LogP contribution in [0.4, 0.5) is 0 Å². The third kappa shape index (κ3) is 6.42. The maximum atomic E-state index is 6.61. The van der Waals surface area contributed by atoms with E-state index in [1.807, 2.05) is 6.07 Å². The van der Waals surface area contributed by atoms with Crippen molar-refractivity contribution in [3.8, 4) is 89.8 Å². The second kappa shape index (κ2) is 15.0. The van der Waals surface area contributed by atoms with Crippen molar-refractivity contribution in [1.82, 2.24) is 15.0 Å². The Hall–Kier alpha value is -8.21. The molecule has 1 aliphatic rings. The molecule has 0 amide bonds. The molecule has 0 spiro atoms. The molecule has 0 radical (unpaired) electrons. The molecule has 2 heterocycles. The van der Waals surface area contributed by atoms with Gasteiger partial charge in [0, 0.05) is 32.9 Å². The molecular formula is C60H41N3O. The van der Waals surface area contributed by atoms with Gasteiger partial charge < -0.3 is 4.42 Å². The summed E-state index contributed by atoms with van der Waals surface area (Å²) in [6.07, 6.45) is 0. The normalized spacial score (nSPS) is 12.7. The molecule has 12 rings (SSSR count). The summed E-state index contributed by atoms with van der Waals surface area (Å²) in [5.41, 5.74) is 18.3. The Kier molecular flexibility index (Phi) is 8.80. The van der Waals surface area contributed by atoms with E-state index in [1.165, 1.54) is 22.3 Å². The van der Waals surface area contributed by atoms with Crippen LogP contribution in [-0.2, 0) is 5.41 Å². The first-order chi connectivity index (χ1) is 31.4. The Balaban J connectivity index is 1.03. The fourth-order valence-corrected chi connectivity index (χ4v) is 9.63. The van der Waals surface area contributed by atoms with Gasteiger partial charge in [-0.1, -0.05) is 184 Å². The van der Waals surface area contributed by atoms with Gasteiger partial charge in [-0.25, -0.2) is 15.0 Å². The molecule has 64 heavy (non-hydrogen) atoms. The monoisotopic (exact) mass is 819 g/mol. The van der Waals surface area contributed by atoms with E-state index in [1.54, 1.807) is 0 Å². The van der Waals surface area contributed by atoms with Gasteiger partial charge in [-0.05, 0) is 109 Å². The minimum Gasteiger partial charge on any atom is -0.456 e. The van der Waals surface area contributed by atoms with Crippen molar-refractivity contribution in [3.05, 3.63) is 223 Å². The number of furan rings is 1. The van der Waals surface area contributed by atoms with Gasteiger partial charge in [0.2, 0.25) is 0 Å². The van der Waals surface area contributed by atoms with Crippen LogP contribution in [0.5, 0.6) is 0 Å². The molecule has 11 aromatic rings. The van der Waals surface area contributed by atoms with Crippen molar-refractivity contribution in [2.75, 3.05) is 0 Å². The second-order valence-corrected chi connectivity index (χ2v) is 17.2. The lowest BCUT2D eigenvalue weighted by atomic mass is 9.82. The summed E-state index contributed by atoms with van der Waals surface area (Å²) in [5, 5.41) is 2.21. The third-order valence-corrected chi connectivity index (χ3v) is 12.9. The Morgan fingerprint density at radius 2 is 0.812 bits per heavy atom. The molecule has 0 saturated carbocycles. The molecular weight excluding hydrogens is 779 g/mol. The summed E-state index contributed by atoms with van der Waals surface area (Å²) < 4.78 is 6.61. The van der Waals surface area contributed by atoms with Crippen LogP contribution in [0.1, 0.15) is 25.0 Å². The molecule has 0 bridgehead atoms. The molecule has 0 aliphatic heterocycles. The molecule has 0 fully saturated rings. The predicted molar refractivity (Wildman–Crippen MR) is 263 cm³/mol. The van der Waals surface area contributed by atoms with Gasteiger partial charge >= 0.3 is 0 Å². The highest BCUT2D eigenvalue weighted by molar-refractivity contribution is 6.13. The minimum atomic E-state index is -0.170. The highest BCUT2D eigenvalue weighted by Crippen LogP contribution is 2.49. The Labute approximate surface area is 372 Å². The van der Waals surface area contributed by atoms with Gasteiger partial charge in [0.25, 0.3) is 0 Å². The van der Waals surface area contributed by atoms with E-state index in [0.717, 1.165) is 83.1 Å². The number of nitrogens with zero attached hydrogens (tertiary/aromatic N) is 3. The van der Waals surface area contributed by atoms with Crippen molar-refractivity contribution in [2.45, 2.75) is 19.3 Å². The quantitative estimate of drug-likeness (QED) is 0.161. The van der Waals surface area contributed by atoms with Crippen LogP contribution in [0.25, 0.3) is 112 Å². The van der Waals surface area contributed by atoms with Gasteiger partial charge in [-0.15, -0.1) is 0 Å². The summed E-state index contributed by atoms with van der Waals surface area (Å²) in [7, 11) is 0. The number of aromatic nitrogens is 3. The zero-order valence-corrected chi connectivity index (χ0v) is 35.5. The predicted octanol–water partition coefficient (Wildman–Crippen LogP) is 15.7. The highest BCUT2D eigenvalue weighted by Gasteiger charge is 2.35. The van der Waals surface area contributed by atoms with Gasteiger partial charge in [-0.2, -0.15) is 0 Å². The van der Waals surface area contributed by atoms with E-state index >= 15 is 0 Å². The van der Waals surface area contributed by atoms with Crippen LogP contribution in [0, 0.1) is 0 Å². The van der Waals surface area contributed by atoms with Crippen molar-refractivity contribution in [3.63, 3.8) is 0 Å². The average molecular weight is 820 g/mol. The number of hydrogen-bond donors (Lipinski definition) is 0. The van der Waals surface area contributed by atoms with Crippen molar-refractivity contribution >= 4 is 21.9 Å². The summed E-state index contributed by atoms with van der Waals surface area (Å²) in [4.78, 5) is 15.8. The van der Waals surface area contributed by atoms with Crippen LogP contribution in [0.2, 0.25) is 0 Å². The highest BCUT2D eigenvalue weighted by atomic mass is 16.3. The topological polar surface area (TPSA) is 51.8 Å². The molecule has 0 saturated heterocycles.